The van der Waals surface area contributed by atoms with Crippen LogP contribution in [0.2, 0.25) is 5.02 Å². The summed E-state index contributed by atoms with van der Waals surface area (Å²) in [6.45, 7) is 3.93. The van der Waals surface area contributed by atoms with Crippen LogP contribution in [0.1, 0.15) is 11.1 Å². The quantitative estimate of drug-likeness (QED) is 0.552. The van der Waals surface area contributed by atoms with Crippen LogP contribution in [0.4, 0.5) is 4.39 Å². The molecule has 0 bridgehead atoms. The molecule has 0 atom stereocenters. The second-order valence-electron chi connectivity index (χ2n) is 4.04. The molecule has 0 saturated carbocycles. The zero-order chi connectivity index (χ0) is 13.4. The van der Waals surface area contributed by atoms with E-state index in [2.05, 4.69) is 37.9 Å². The van der Waals surface area contributed by atoms with Gasteiger partial charge in [-0.2, -0.15) is 0 Å². The molecule has 0 spiro atoms. The lowest BCUT2D eigenvalue weighted by molar-refractivity contribution is 0.627. The van der Waals surface area contributed by atoms with Crippen molar-refractivity contribution in [2.75, 3.05) is 0 Å². The van der Waals surface area contributed by atoms with Crippen molar-refractivity contribution in [1.29, 1.82) is 0 Å². The molecule has 0 amide bonds. The Hall–Kier alpha value is -0.380. The molecule has 2 rings (SSSR count). The maximum absolute atomic E-state index is 13.3. The van der Waals surface area contributed by atoms with Gasteiger partial charge in [0.15, 0.2) is 0 Å². The van der Waals surface area contributed by atoms with Crippen LogP contribution in [0.3, 0.4) is 0 Å². The molecule has 0 nitrogen and oxygen atoms in total. The van der Waals surface area contributed by atoms with E-state index in [0.29, 0.717) is 9.50 Å². The predicted molar refractivity (Wildman–Crippen MR) is 80.6 cm³/mol. The molecule has 0 aliphatic heterocycles. The van der Waals surface area contributed by atoms with E-state index >= 15 is 0 Å². The van der Waals surface area contributed by atoms with E-state index in [0.717, 1.165) is 26.7 Å². The number of halogens is 4. The number of hydrogen-bond acceptors (Lipinski definition) is 0. The Morgan fingerprint density at radius 2 is 1.67 bits per heavy atom. The predicted octanol–water partition coefficient (Wildman–Crippen LogP) is 6.09. The summed E-state index contributed by atoms with van der Waals surface area (Å²) in [5, 5.41) is 0.378. The number of aryl methyl sites for hydroxylation is 2. The zero-order valence-electron chi connectivity index (χ0n) is 9.74. The summed E-state index contributed by atoms with van der Waals surface area (Å²) in [5.74, 6) is -0.361. The van der Waals surface area contributed by atoms with Gasteiger partial charge in [0.25, 0.3) is 0 Å². The molecule has 0 fully saturated rings. The van der Waals surface area contributed by atoms with Gasteiger partial charge in [-0.05, 0) is 65.2 Å². The lowest BCUT2D eigenvalue weighted by Crippen LogP contribution is -1.91. The first-order valence-electron chi connectivity index (χ1n) is 5.24. The molecule has 0 unspecified atom stereocenters. The van der Waals surface area contributed by atoms with Crippen molar-refractivity contribution >= 4 is 43.5 Å². The Kier molecular flexibility index (Phi) is 4.15. The summed E-state index contributed by atoms with van der Waals surface area (Å²) in [6, 6.07) is 7.93. The maximum atomic E-state index is 13.3. The third kappa shape index (κ3) is 2.63. The molecule has 1 radical (unpaired) electrons. The molecule has 93 valence electrons. The van der Waals surface area contributed by atoms with Gasteiger partial charge in [-0.3, -0.25) is 0 Å². The van der Waals surface area contributed by atoms with E-state index in [-0.39, 0.29) is 5.82 Å². The first-order valence-corrected chi connectivity index (χ1v) is 7.20. The van der Waals surface area contributed by atoms with Gasteiger partial charge in [0.05, 0.1) is 5.02 Å². The van der Waals surface area contributed by atoms with E-state index < -0.39 is 0 Å². The fraction of sp³-hybridized carbons (Fsp3) is 0.143. The molecule has 0 heterocycles. The third-order valence-electron chi connectivity index (χ3n) is 2.60. The standard InChI is InChI=1S/C14H9Br2ClF/c1-7-3-8(2)13(10(15)4-7)14-11(16)5-9(18)6-12(14)17/h4-6H,1-2H3. The highest BCUT2D eigenvalue weighted by atomic mass is 79.9. The second-order valence-corrected chi connectivity index (χ2v) is 6.16. The van der Waals surface area contributed by atoms with E-state index in [9.17, 15) is 4.39 Å². The summed E-state index contributed by atoms with van der Waals surface area (Å²) < 4.78 is 14.8. The number of rotatable bonds is 1. The van der Waals surface area contributed by atoms with Crippen molar-refractivity contribution < 1.29 is 4.39 Å². The van der Waals surface area contributed by atoms with Crippen LogP contribution >= 0.6 is 43.5 Å². The molecule has 0 aromatic heterocycles. The minimum Gasteiger partial charge on any atom is -0.207 e. The van der Waals surface area contributed by atoms with Crippen LogP contribution in [0.5, 0.6) is 0 Å². The molecule has 4 heteroatoms. The van der Waals surface area contributed by atoms with Crippen molar-refractivity contribution in [3.05, 3.63) is 55.2 Å². The fourth-order valence-electron chi connectivity index (χ4n) is 1.92. The average Bonchev–Trinajstić information content (AvgIpc) is 2.20. The Bertz CT molecular complexity index is 522. The van der Waals surface area contributed by atoms with Crippen LogP contribution in [-0.2, 0) is 0 Å². The van der Waals surface area contributed by atoms with Gasteiger partial charge in [-0.15, -0.1) is 0 Å². The molecular weight excluding hydrogens is 382 g/mol. The monoisotopic (exact) mass is 389 g/mol. The van der Waals surface area contributed by atoms with Gasteiger partial charge in [-0.1, -0.05) is 27.5 Å². The van der Waals surface area contributed by atoms with Gasteiger partial charge in [-0.25, -0.2) is 4.39 Å². The number of hydrogen-bond donors (Lipinski definition) is 0. The van der Waals surface area contributed by atoms with Crippen molar-refractivity contribution in [3.8, 4) is 11.1 Å². The summed E-state index contributed by atoms with van der Waals surface area (Å²) in [5.41, 5.74) is 3.71. The van der Waals surface area contributed by atoms with Gasteiger partial charge >= 0.3 is 0 Å². The highest BCUT2D eigenvalue weighted by Gasteiger charge is 2.15. The highest BCUT2D eigenvalue weighted by molar-refractivity contribution is 9.11. The van der Waals surface area contributed by atoms with Crippen LogP contribution in [0, 0.1) is 25.7 Å². The fourth-order valence-corrected chi connectivity index (χ4v) is 3.81. The van der Waals surface area contributed by atoms with Gasteiger partial charge in [0.1, 0.15) is 5.82 Å². The largest absolute Gasteiger partial charge is 0.207 e. The molecule has 0 saturated heterocycles. The Morgan fingerprint density at radius 3 is 2.22 bits per heavy atom. The Morgan fingerprint density at radius 1 is 1.06 bits per heavy atom. The van der Waals surface area contributed by atoms with Crippen molar-refractivity contribution in [1.82, 2.24) is 0 Å². The van der Waals surface area contributed by atoms with E-state index in [1.165, 1.54) is 12.1 Å². The molecule has 0 aliphatic rings. The first kappa shape index (κ1) is 14.0. The van der Waals surface area contributed by atoms with E-state index in [1.807, 2.05) is 19.9 Å². The normalized spacial score (nSPS) is 10.8. The molecular formula is C14H9Br2ClF. The lowest BCUT2D eigenvalue weighted by atomic mass is 9.98. The zero-order valence-corrected chi connectivity index (χ0v) is 13.7. The second kappa shape index (κ2) is 5.32. The van der Waals surface area contributed by atoms with Crippen LogP contribution in [0.25, 0.3) is 11.1 Å². The van der Waals surface area contributed by atoms with Crippen molar-refractivity contribution in [3.63, 3.8) is 0 Å². The molecule has 18 heavy (non-hydrogen) atoms. The van der Waals surface area contributed by atoms with Crippen molar-refractivity contribution in [2.45, 2.75) is 13.8 Å². The summed E-state index contributed by atoms with van der Waals surface area (Å²) in [6.07, 6.45) is 0. The van der Waals surface area contributed by atoms with Crippen molar-refractivity contribution in [2.24, 2.45) is 0 Å². The topological polar surface area (TPSA) is 0 Å². The molecule has 2 aromatic rings. The first-order chi connectivity index (χ1) is 8.40. The van der Waals surface area contributed by atoms with Crippen LogP contribution < -0.4 is 0 Å². The van der Waals surface area contributed by atoms with Gasteiger partial charge < -0.3 is 0 Å². The van der Waals surface area contributed by atoms with E-state index in [1.54, 1.807) is 0 Å². The summed E-state index contributed by atoms with van der Waals surface area (Å²) in [7, 11) is 0. The molecule has 2 aromatic carbocycles. The summed E-state index contributed by atoms with van der Waals surface area (Å²) in [4.78, 5) is 0. The Labute approximate surface area is 127 Å². The SMILES string of the molecule is Cc1[c]c(C)c(-c2c(Cl)cc(F)cc2Br)c(Br)c1. The minimum atomic E-state index is -0.361. The maximum Gasteiger partial charge on any atom is 0.125 e. The third-order valence-corrected chi connectivity index (χ3v) is 4.15. The average molecular weight is 391 g/mol. The lowest BCUT2D eigenvalue weighted by Gasteiger charge is -2.13. The van der Waals surface area contributed by atoms with E-state index in [4.69, 9.17) is 11.6 Å². The minimum absolute atomic E-state index is 0.361. The van der Waals surface area contributed by atoms with Crippen LogP contribution in [-0.4, -0.2) is 0 Å². The van der Waals surface area contributed by atoms with Gasteiger partial charge in [0, 0.05) is 20.1 Å². The highest BCUT2D eigenvalue weighted by Crippen LogP contribution is 2.41. The smallest absolute Gasteiger partial charge is 0.125 e. The van der Waals surface area contributed by atoms with Gasteiger partial charge in [0.2, 0.25) is 0 Å². The van der Waals surface area contributed by atoms with Crippen LogP contribution in [0.15, 0.2) is 27.1 Å². The molecule has 0 aliphatic carbocycles. The summed E-state index contributed by atoms with van der Waals surface area (Å²) >= 11 is 13.0. The molecule has 0 N–H and O–H groups in total. The Balaban J connectivity index is 2.78. The number of benzene rings is 2.